The van der Waals surface area contributed by atoms with Crippen molar-refractivity contribution in [2.45, 2.75) is 10.1 Å². The molecule has 1 aromatic heterocycles. The van der Waals surface area contributed by atoms with Gasteiger partial charge >= 0.3 is 0 Å². The van der Waals surface area contributed by atoms with Gasteiger partial charge in [0.1, 0.15) is 9.21 Å². The summed E-state index contributed by atoms with van der Waals surface area (Å²) in [6, 6.07) is 6.38. The van der Waals surface area contributed by atoms with Crippen LogP contribution in [0.25, 0.3) is 0 Å². The van der Waals surface area contributed by atoms with Gasteiger partial charge in [-0.25, -0.2) is 4.98 Å². The van der Waals surface area contributed by atoms with Gasteiger partial charge in [0.05, 0.1) is 4.92 Å². The Balaban J connectivity index is 2.23. The second kappa shape index (κ2) is 5.41. The monoisotopic (exact) mass is 391 g/mol. The van der Waals surface area contributed by atoms with Gasteiger partial charge in [-0.2, -0.15) is 0 Å². The fourth-order valence-corrected chi connectivity index (χ4v) is 3.03. The van der Waals surface area contributed by atoms with Gasteiger partial charge in [-0.1, -0.05) is 11.8 Å². The third-order valence-corrected chi connectivity index (χ3v) is 5.25. The van der Waals surface area contributed by atoms with E-state index in [9.17, 15) is 10.1 Å². The number of halogens is 2. The van der Waals surface area contributed by atoms with E-state index in [1.54, 1.807) is 12.1 Å². The molecular weight excluding hydrogens is 386 g/mol. The van der Waals surface area contributed by atoms with E-state index in [1.165, 1.54) is 23.9 Å². The van der Waals surface area contributed by atoms with Crippen molar-refractivity contribution >= 4 is 49.3 Å². The molecule has 8 heteroatoms. The van der Waals surface area contributed by atoms with Crippen molar-refractivity contribution in [3.8, 4) is 0 Å². The predicted molar refractivity (Wildman–Crippen MR) is 75.8 cm³/mol. The van der Waals surface area contributed by atoms with Crippen LogP contribution in [-0.2, 0) is 7.05 Å². The summed E-state index contributed by atoms with van der Waals surface area (Å²) in [7, 11) is 1.88. The summed E-state index contributed by atoms with van der Waals surface area (Å²) < 4.78 is 3.47. The number of nitrogens with zero attached hydrogens (tertiary/aromatic N) is 3. The lowest BCUT2D eigenvalue weighted by atomic mass is 10.3. The predicted octanol–water partition coefficient (Wildman–Crippen LogP) is 4.00. The molecular formula is C10H7Br2N3O2S. The van der Waals surface area contributed by atoms with Gasteiger partial charge in [-0.3, -0.25) is 10.1 Å². The third-order valence-electron chi connectivity index (χ3n) is 2.20. The number of aromatic nitrogens is 2. The maximum atomic E-state index is 10.5. The molecule has 5 nitrogen and oxygen atoms in total. The Labute approximate surface area is 124 Å². The standard InChI is InChI=1S/C10H7Br2N3O2S/c1-14-9(12)8(11)13-10(14)18-7-4-2-6(3-5-7)15(16)17/h2-5H,1H3. The molecule has 94 valence electrons. The van der Waals surface area contributed by atoms with Crippen LogP contribution in [0, 0.1) is 10.1 Å². The van der Waals surface area contributed by atoms with Crippen molar-refractivity contribution in [2.24, 2.45) is 7.05 Å². The van der Waals surface area contributed by atoms with Crippen LogP contribution in [0.3, 0.4) is 0 Å². The number of hydrogen-bond donors (Lipinski definition) is 0. The first-order valence-corrected chi connectivity index (χ1v) is 7.19. The largest absolute Gasteiger partial charge is 0.316 e. The Morgan fingerprint density at radius 2 is 1.94 bits per heavy atom. The molecule has 0 aliphatic rings. The van der Waals surface area contributed by atoms with Crippen molar-refractivity contribution in [1.29, 1.82) is 0 Å². The number of imidazole rings is 1. The molecule has 0 atom stereocenters. The molecule has 0 saturated heterocycles. The number of nitro groups is 1. The average Bonchev–Trinajstić information content (AvgIpc) is 2.58. The van der Waals surface area contributed by atoms with E-state index in [0.29, 0.717) is 0 Å². The lowest BCUT2D eigenvalue weighted by Gasteiger charge is -2.01. The second-order valence-electron chi connectivity index (χ2n) is 3.39. The van der Waals surface area contributed by atoms with Crippen LogP contribution in [0.2, 0.25) is 0 Å². The van der Waals surface area contributed by atoms with Crippen LogP contribution in [-0.4, -0.2) is 14.5 Å². The Hall–Kier alpha value is -0.860. The van der Waals surface area contributed by atoms with Gasteiger partial charge in [0, 0.05) is 24.1 Å². The quantitative estimate of drug-likeness (QED) is 0.584. The number of rotatable bonds is 3. The van der Waals surface area contributed by atoms with E-state index in [4.69, 9.17) is 0 Å². The summed E-state index contributed by atoms with van der Waals surface area (Å²) in [5.41, 5.74) is 0.0848. The highest BCUT2D eigenvalue weighted by atomic mass is 79.9. The molecule has 0 aliphatic carbocycles. The van der Waals surface area contributed by atoms with Crippen molar-refractivity contribution in [3.05, 3.63) is 43.6 Å². The summed E-state index contributed by atoms with van der Waals surface area (Å²) in [5, 5.41) is 11.3. The van der Waals surface area contributed by atoms with E-state index in [2.05, 4.69) is 36.8 Å². The van der Waals surface area contributed by atoms with Crippen molar-refractivity contribution in [1.82, 2.24) is 9.55 Å². The second-order valence-corrected chi connectivity index (χ2v) is 5.93. The maximum absolute atomic E-state index is 10.5. The first-order chi connectivity index (χ1) is 8.49. The highest BCUT2D eigenvalue weighted by molar-refractivity contribution is 9.13. The fourth-order valence-electron chi connectivity index (χ4n) is 1.26. The SMILES string of the molecule is Cn1c(Sc2ccc([N+](=O)[O-])cc2)nc(Br)c1Br. The number of benzene rings is 1. The van der Waals surface area contributed by atoms with Crippen LogP contribution in [0.15, 0.2) is 43.5 Å². The molecule has 0 spiro atoms. The lowest BCUT2D eigenvalue weighted by Crippen LogP contribution is -1.91. The van der Waals surface area contributed by atoms with E-state index < -0.39 is 4.92 Å². The Morgan fingerprint density at radius 3 is 2.39 bits per heavy atom. The van der Waals surface area contributed by atoms with Crippen LogP contribution >= 0.6 is 43.6 Å². The molecule has 0 fully saturated rings. The normalized spacial score (nSPS) is 10.6. The van der Waals surface area contributed by atoms with E-state index in [1.807, 2.05) is 11.6 Å². The fraction of sp³-hybridized carbons (Fsp3) is 0.100. The molecule has 0 aliphatic heterocycles. The summed E-state index contributed by atoms with van der Waals surface area (Å²) in [6.07, 6.45) is 0. The first-order valence-electron chi connectivity index (χ1n) is 4.79. The molecule has 0 bridgehead atoms. The highest BCUT2D eigenvalue weighted by Crippen LogP contribution is 2.32. The third kappa shape index (κ3) is 2.76. The summed E-state index contributed by atoms with van der Waals surface area (Å²) >= 11 is 8.16. The topological polar surface area (TPSA) is 61.0 Å². The van der Waals surface area contributed by atoms with Crippen LogP contribution < -0.4 is 0 Å². The zero-order chi connectivity index (χ0) is 13.3. The zero-order valence-electron chi connectivity index (χ0n) is 9.13. The first kappa shape index (κ1) is 13.6. The molecule has 0 unspecified atom stereocenters. The smallest absolute Gasteiger partial charge is 0.269 e. The van der Waals surface area contributed by atoms with Gasteiger partial charge in [-0.15, -0.1) is 0 Å². The Morgan fingerprint density at radius 1 is 1.33 bits per heavy atom. The minimum Gasteiger partial charge on any atom is -0.316 e. The minimum absolute atomic E-state index is 0.0848. The average molecular weight is 393 g/mol. The van der Waals surface area contributed by atoms with Gasteiger partial charge in [0.25, 0.3) is 5.69 Å². The Bertz CT molecular complexity index is 598. The lowest BCUT2D eigenvalue weighted by molar-refractivity contribution is -0.384. The number of non-ortho nitro benzene ring substituents is 1. The molecule has 0 N–H and O–H groups in total. The summed E-state index contributed by atoms with van der Waals surface area (Å²) in [5.74, 6) is 0. The van der Waals surface area contributed by atoms with Crippen LogP contribution in [0.1, 0.15) is 0 Å². The van der Waals surface area contributed by atoms with Gasteiger partial charge < -0.3 is 4.57 Å². The maximum Gasteiger partial charge on any atom is 0.269 e. The molecule has 2 aromatic rings. The molecule has 0 radical (unpaired) electrons. The van der Waals surface area contributed by atoms with E-state index >= 15 is 0 Å². The highest BCUT2D eigenvalue weighted by Gasteiger charge is 2.12. The number of hydrogen-bond acceptors (Lipinski definition) is 4. The van der Waals surface area contributed by atoms with Crippen LogP contribution in [0.4, 0.5) is 5.69 Å². The molecule has 0 amide bonds. The molecule has 0 saturated carbocycles. The van der Waals surface area contributed by atoms with E-state index in [-0.39, 0.29) is 5.69 Å². The summed E-state index contributed by atoms with van der Waals surface area (Å²) in [6.45, 7) is 0. The van der Waals surface area contributed by atoms with Crippen LogP contribution in [0.5, 0.6) is 0 Å². The molecule has 18 heavy (non-hydrogen) atoms. The van der Waals surface area contributed by atoms with Gasteiger partial charge in [0.15, 0.2) is 5.16 Å². The molecule has 2 rings (SSSR count). The van der Waals surface area contributed by atoms with Crippen molar-refractivity contribution < 1.29 is 4.92 Å². The molecule has 1 aromatic carbocycles. The van der Waals surface area contributed by atoms with Gasteiger partial charge in [0.2, 0.25) is 0 Å². The minimum atomic E-state index is -0.414. The number of nitro benzene ring substituents is 1. The van der Waals surface area contributed by atoms with Gasteiger partial charge in [-0.05, 0) is 44.0 Å². The molecule has 1 heterocycles. The van der Waals surface area contributed by atoms with Crippen molar-refractivity contribution in [3.63, 3.8) is 0 Å². The zero-order valence-corrected chi connectivity index (χ0v) is 13.1. The van der Waals surface area contributed by atoms with E-state index in [0.717, 1.165) is 19.3 Å². The summed E-state index contributed by atoms with van der Waals surface area (Å²) in [4.78, 5) is 15.3. The van der Waals surface area contributed by atoms with Crippen molar-refractivity contribution in [2.75, 3.05) is 0 Å². The Kier molecular flexibility index (Phi) is 4.08.